The summed E-state index contributed by atoms with van der Waals surface area (Å²) in [7, 11) is 0. The Kier molecular flexibility index (Phi) is 6.78. The Morgan fingerprint density at radius 2 is 1.86 bits per heavy atom. The zero-order valence-corrected chi connectivity index (χ0v) is 20.1. The lowest BCUT2D eigenvalue weighted by Gasteiger charge is -2.35. The van der Waals surface area contributed by atoms with Gasteiger partial charge in [-0.05, 0) is 58.0 Å². The van der Waals surface area contributed by atoms with Gasteiger partial charge in [-0.25, -0.2) is 9.37 Å². The molecule has 0 bridgehead atoms. The summed E-state index contributed by atoms with van der Waals surface area (Å²) in [6.45, 7) is 7.17. The van der Waals surface area contributed by atoms with E-state index in [2.05, 4.69) is 9.97 Å². The van der Waals surface area contributed by atoms with E-state index in [0.29, 0.717) is 13.1 Å². The zero-order chi connectivity index (χ0) is 26.4. The maximum Gasteiger partial charge on any atom is 0.416 e. The Bertz CT molecular complexity index is 1360. The van der Waals surface area contributed by atoms with Crippen molar-refractivity contribution in [2.24, 2.45) is 0 Å². The number of carbonyl (C=O) groups excluding carboxylic acids is 1. The van der Waals surface area contributed by atoms with Crippen molar-refractivity contribution in [3.8, 4) is 5.75 Å². The van der Waals surface area contributed by atoms with Crippen LogP contribution >= 0.6 is 0 Å². The lowest BCUT2D eigenvalue weighted by atomic mass is 9.99. The number of H-pyrrole nitrogens is 1. The van der Waals surface area contributed by atoms with Crippen LogP contribution in [-0.4, -0.2) is 46.1 Å². The molecule has 1 saturated heterocycles. The van der Waals surface area contributed by atoms with Crippen molar-refractivity contribution in [2.75, 3.05) is 13.1 Å². The van der Waals surface area contributed by atoms with Gasteiger partial charge in [0.1, 0.15) is 11.9 Å². The minimum Gasteiger partial charge on any atom is -0.483 e. The summed E-state index contributed by atoms with van der Waals surface area (Å²) in [4.78, 5) is 33.1. The van der Waals surface area contributed by atoms with Crippen LogP contribution in [-0.2, 0) is 10.9 Å². The fourth-order valence-electron chi connectivity index (χ4n) is 4.41. The molecule has 0 unspecified atom stereocenters. The van der Waals surface area contributed by atoms with Gasteiger partial charge in [0.2, 0.25) is 0 Å². The van der Waals surface area contributed by atoms with Crippen LogP contribution in [0, 0.1) is 12.7 Å². The lowest BCUT2D eigenvalue weighted by molar-refractivity contribution is -0.138. The number of nitrogens with zero attached hydrogens (tertiary/aromatic N) is 2. The fourth-order valence-corrected chi connectivity index (χ4v) is 4.41. The minimum absolute atomic E-state index is 0.0468. The Morgan fingerprint density at radius 1 is 1.19 bits per heavy atom. The van der Waals surface area contributed by atoms with Gasteiger partial charge in [-0.1, -0.05) is 0 Å². The predicted molar refractivity (Wildman–Crippen MR) is 123 cm³/mol. The fraction of sp³-hybridized carbons (Fsp3) is 0.400. The number of nitrogens with one attached hydrogen (secondary N) is 1. The summed E-state index contributed by atoms with van der Waals surface area (Å²) < 4.78 is 67.6. The molecular weight excluding hydrogens is 482 g/mol. The van der Waals surface area contributed by atoms with E-state index in [1.54, 1.807) is 4.90 Å². The van der Waals surface area contributed by atoms with Crippen LogP contribution in [0.5, 0.6) is 5.75 Å². The van der Waals surface area contributed by atoms with E-state index in [-0.39, 0.29) is 51.7 Å². The highest BCUT2D eigenvalue weighted by atomic mass is 19.4. The number of amides is 1. The predicted octanol–water partition coefficient (Wildman–Crippen LogP) is 4.78. The second-order valence-electron chi connectivity index (χ2n) is 8.98. The van der Waals surface area contributed by atoms with Crippen molar-refractivity contribution in [2.45, 2.75) is 52.2 Å². The molecule has 0 spiro atoms. The average Bonchev–Trinajstić information content (AvgIpc) is 2.77. The van der Waals surface area contributed by atoms with Crippen molar-refractivity contribution in [3.63, 3.8) is 0 Å². The molecule has 3 aromatic rings. The van der Waals surface area contributed by atoms with E-state index in [4.69, 9.17) is 9.47 Å². The van der Waals surface area contributed by atoms with Gasteiger partial charge in [0, 0.05) is 24.2 Å². The van der Waals surface area contributed by atoms with E-state index in [0.717, 1.165) is 18.2 Å². The number of aryl methyl sites for hydroxylation is 1. The van der Waals surface area contributed by atoms with Crippen LogP contribution in [0.2, 0.25) is 0 Å². The number of carbonyl (C=O) groups is 1. The lowest BCUT2D eigenvalue weighted by Crippen LogP contribution is -2.48. The Balaban J connectivity index is 1.63. The number of aromatic nitrogens is 2. The Labute approximate surface area is 204 Å². The number of halogens is 4. The molecule has 1 aliphatic rings. The van der Waals surface area contributed by atoms with Crippen LogP contribution in [0.3, 0.4) is 0 Å². The molecule has 11 heteroatoms. The summed E-state index contributed by atoms with van der Waals surface area (Å²) in [5.74, 6) is -1.43. The van der Waals surface area contributed by atoms with Crippen molar-refractivity contribution in [1.29, 1.82) is 0 Å². The highest BCUT2D eigenvalue weighted by Gasteiger charge is 2.36. The third-order valence-electron chi connectivity index (χ3n) is 5.93. The molecule has 0 saturated carbocycles. The first-order valence-electron chi connectivity index (χ1n) is 11.4. The van der Waals surface area contributed by atoms with Crippen LogP contribution in [0.15, 0.2) is 35.1 Å². The number of ether oxygens (including phenoxy) is 2. The summed E-state index contributed by atoms with van der Waals surface area (Å²) in [5, 5.41) is -0.0468. The minimum atomic E-state index is -4.76. The molecular formula is C25H25F4N3O4. The molecule has 7 nitrogen and oxygen atoms in total. The molecule has 4 rings (SSSR count). The topological polar surface area (TPSA) is 84.5 Å². The summed E-state index contributed by atoms with van der Waals surface area (Å²) in [5.41, 5.74) is -2.01. The monoisotopic (exact) mass is 507 g/mol. The van der Waals surface area contributed by atoms with Crippen LogP contribution in [0.25, 0.3) is 10.9 Å². The molecule has 0 aliphatic carbocycles. The van der Waals surface area contributed by atoms with E-state index >= 15 is 0 Å². The molecule has 1 N–H and O–H groups in total. The first kappa shape index (κ1) is 25.6. The van der Waals surface area contributed by atoms with Gasteiger partial charge >= 0.3 is 6.18 Å². The zero-order valence-electron chi connectivity index (χ0n) is 20.1. The van der Waals surface area contributed by atoms with Gasteiger partial charge in [-0.2, -0.15) is 13.2 Å². The standard InChI is InChI=1S/C25H25F4N3O4/c1-12-10-32(11-13(2)35-12)24(34)16-5-6-22(20(26)7-16)36-14(3)17-8-18-21(9-19(17)25(27,28)29)30-15(4)31-23(18)33/h5-9,12-14H,10-11H2,1-4H3,(H,30,31,33)/t12-,13+,14-/m0/s1. The van der Waals surface area contributed by atoms with Gasteiger partial charge in [0.05, 0.1) is 28.7 Å². The third-order valence-corrected chi connectivity index (χ3v) is 5.93. The van der Waals surface area contributed by atoms with Crippen LogP contribution < -0.4 is 10.3 Å². The maximum absolute atomic E-state index is 14.9. The number of fused-ring (bicyclic) bond motifs is 1. The molecule has 2 heterocycles. The van der Waals surface area contributed by atoms with Crippen molar-refractivity contribution < 1.29 is 31.8 Å². The van der Waals surface area contributed by atoms with E-state index in [9.17, 15) is 27.2 Å². The van der Waals surface area contributed by atoms with Crippen molar-refractivity contribution in [1.82, 2.24) is 14.9 Å². The summed E-state index contributed by atoms with van der Waals surface area (Å²) in [6, 6.07) is 5.41. The smallest absolute Gasteiger partial charge is 0.416 e. The molecule has 1 aliphatic heterocycles. The van der Waals surface area contributed by atoms with Crippen molar-refractivity contribution >= 4 is 16.8 Å². The van der Waals surface area contributed by atoms with Crippen LogP contribution in [0.4, 0.5) is 17.6 Å². The molecule has 3 atom stereocenters. The number of hydrogen-bond donors (Lipinski definition) is 1. The Morgan fingerprint density at radius 3 is 2.47 bits per heavy atom. The number of morpholine rings is 1. The van der Waals surface area contributed by atoms with E-state index in [1.807, 2.05) is 13.8 Å². The first-order chi connectivity index (χ1) is 16.8. The number of benzene rings is 2. The first-order valence-corrected chi connectivity index (χ1v) is 11.4. The second-order valence-corrected chi connectivity index (χ2v) is 8.98. The number of aromatic amines is 1. The van der Waals surface area contributed by atoms with Gasteiger partial charge in [0.15, 0.2) is 11.6 Å². The molecule has 2 aromatic carbocycles. The van der Waals surface area contributed by atoms with E-state index < -0.39 is 29.2 Å². The normalized spacial score (nSPS) is 19.4. The molecule has 192 valence electrons. The highest BCUT2D eigenvalue weighted by molar-refractivity contribution is 5.94. The summed E-state index contributed by atoms with van der Waals surface area (Å²) >= 11 is 0. The number of alkyl halides is 3. The molecule has 36 heavy (non-hydrogen) atoms. The van der Waals surface area contributed by atoms with E-state index in [1.165, 1.54) is 26.0 Å². The molecule has 0 radical (unpaired) electrons. The molecule has 1 amide bonds. The number of rotatable bonds is 4. The third kappa shape index (κ3) is 5.20. The largest absolute Gasteiger partial charge is 0.483 e. The van der Waals surface area contributed by atoms with Crippen LogP contribution in [0.1, 0.15) is 54.2 Å². The highest BCUT2D eigenvalue weighted by Crippen LogP contribution is 2.38. The van der Waals surface area contributed by atoms with Gasteiger partial charge < -0.3 is 19.4 Å². The van der Waals surface area contributed by atoms with Gasteiger partial charge in [0.25, 0.3) is 11.5 Å². The SMILES string of the molecule is Cc1nc2cc(C(F)(F)F)c([C@H](C)Oc3ccc(C(=O)N4C[C@@H](C)O[C@@H](C)C4)cc3F)cc2c(=O)[nH]1. The summed E-state index contributed by atoms with van der Waals surface area (Å²) in [6.07, 6.45) is -6.37. The van der Waals surface area contributed by atoms with Crippen molar-refractivity contribution in [3.05, 3.63) is 69.0 Å². The molecule has 1 aromatic heterocycles. The van der Waals surface area contributed by atoms with Gasteiger partial charge in [-0.15, -0.1) is 0 Å². The number of hydrogen-bond acceptors (Lipinski definition) is 5. The van der Waals surface area contributed by atoms with Gasteiger partial charge in [-0.3, -0.25) is 9.59 Å². The Hall–Kier alpha value is -3.47. The quantitative estimate of drug-likeness (QED) is 0.514. The average molecular weight is 507 g/mol. The maximum atomic E-state index is 14.9. The molecule has 1 fully saturated rings. The second kappa shape index (κ2) is 9.53.